The predicted molar refractivity (Wildman–Crippen MR) is 86.3 cm³/mol. The molecule has 0 unspecified atom stereocenters. The Kier molecular flexibility index (Phi) is 3.81. The number of sulfonamides is 1. The van der Waals surface area contributed by atoms with Gasteiger partial charge in [-0.2, -0.15) is 0 Å². The van der Waals surface area contributed by atoms with Crippen LogP contribution < -0.4 is 10.3 Å². The summed E-state index contributed by atoms with van der Waals surface area (Å²) < 4.78 is 27.6. The molecule has 8 heteroatoms. The molecule has 0 atom stereocenters. The fourth-order valence-electron chi connectivity index (χ4n) is 2.09. The average Bonchev–Trinajstić information content (AvgIpc) is 3.08. The van der Waals surface area contributed by atoms with Crippen LogP contribution in [0.2, 0.25) is 0 Å². The SMILES string of the molecule is Cc1cc(S(=O)(=O)Nc2ccccc2C2=CONN2C)cs1. The number of benzene rings is 1. The molecule has 0 spiro atoms. The van der Waals surface area contributed by atoms with Gasteiger partial charge in [0, 0.05) is 22.9 Å². The second kappa shape index (κ2) is 5.64. The van der Waals surface area contributed by atoms with Crippen LogP contribution in [0.5, 0.6) is 0 Å². The summed E-state index contributed by atoms with van der Waals surface area (Å²) in [6.45, 7) is 1.87. The van der Waals surface area contributed by atoms with Crippen molar-refractivity contribution in [1.82, 2.24) is 10.6 Å². The number of rotatable bonds is 4. The zero-order chi connectivity index (χ0) is 15.7. The fraction of sp³-hybridized carbons (Fsp3) is 0.143. The van der Waals surface area contributed by atoms with Crippen LogP contribution in [0.1, 0.15) is 10.4 Å². The minimum atomic E-state index is -3.61. The van der Waals surface area contributed by atoms with Crippen LogP contribution in [0, 0.1) is 6.92 Å². The van der Waals surface area contributed by atoms with Crippen molar-refractivity contribution in [2.45, 2.75) is 11.8 Å². The lowest BCUT2D eigenvalue weighted by Crippen LogP contribution is -2.26. The minimum absolute atomic E-state index is 0.271. The molecular formula is C14H15N3O3S2. The Hall–Kier alpha value is -2.03. The van der Waals surface area contributed by atoms with Crippen molar-refractivity contribution in [3.05, 3.63) is 52.4 Å². The summed E-state index contributed by atoms with van der Waals surface area (Å²) in [4.78, 5) is 6.26. The largest absolute Gasteiger partial charge is 0.395 e. The van der Waals surface area contributed by atoms with Crippen LogP contribution in [0.25, 0.3) is 5.70 Å². The Morgan fingerprint density at radius 3 is 2.73 bits per heavy atom. The Morgan fingerprint density at radius 2 is 2.09 bits per heavy atom. The second-order valence-electron chi connectivity index (χ2n) is 4.82. The van der Waals surface area contributed by atoms with Crippen molar-refractivity contribution in [3.8, 4) is 0 Å². The van der Waals surface area contributed by atoms with Crippen molar-refractivity contribution in [1.29, 1.82) is 0 Å². The van der Waals surface area contributed by atoms with Crippen LogP contribution in [-0.4, -0.2) is 20.5 Å². The zero-order valence-electron chi connectivity index (χ0n) is 12.0. The van der Waals surface area contributed by atoms with Crippen LogP contribution in [0.3, 0.4) is 0 Å². The third-order valence-corrected chi connectivity index (χ3v) is 5.54. The van der Waals surface area contributed by atoms with Crippen molar-refractivity contribution in [3.63, 3.8) is 0 Å². The fourth-order valence-corrected chi connectivity index (χ4v) is 4.30. The molecule has 2 N–H and O–H groups in total. The molecule has 22 heavy (non-hydrogen) atoms. The number of aryl methyl sites for hydroxylation is 1. The van der Waals surface area contributed by atoms with Crippen LogP contribution in [0.4, 0.5) is 5.69 Å². The molecule has 1 aliphatic heterocycles. The maximum Gasteiger partial charge on any atom is 0.262 e. The van der Waals surface area contributed by atoms with Gasteiger partial charge in [-0.1, -0.05) is 23.8 Å². The zero-order valence-corrected chi connectivity index (χ0v) is 13.7. The van der Waals surface area contributed by atoms with Gasteiger partial charge >= 0.3 is 0 Å². The van der Waals surface area contributed by atoms with Gasteiger partial charge in [-0.25, -0.2) is 8.42 Å². The second-order valence-corrected chi connectivity index (χ2v) is 7.61. The van der Waals surface area contributed by atoms with E-state index in [-0.39, 0.29) is 4.90 Å². The van der Waals surface area contributed by atoms with E-state index in [9.17, 15) is 8.42 Å². The Bertz CT molecular complexity index is 827. The van der Waals surface area contributed by atoms with E-state index in [1.807, 2.05) is 19.1 Å². The normalized spacial score (nSPS) is 14.6. The van der Waals surface area contributed by atoms with E-state index >= 15 is 0 Å². The number of hydrogen-bond donors (Lipinski definition) is 2. The van der Waals surface area contributed by atoms with E-state index < -0.39 is 10.0 Å². The summed E-state index contributed by atoms with van der Waals surface area (Å²) in [5, 5.41) is 3.30. The highest BCUT2D eigenvalue weighted by molar-refractivity contribution is 7.92. The predicted octanol–water partition coefficient (Wildman–Crippen LogP) is 2.54. The molecule has 6 nitrogen and oxygen atoms in total. The maximum atomic E-state index is 12.5. The Balaban J connectivity index is 1.96. The number of nitrogens with zero attached hydrogens (tertiary/aromatic N) is 1. The minimum Gasteiger partial charge on any atom is -0.395 e. The summed E-state index contributed by atoms with van der Waals surface area (Å²) in [6.07, 6.45) is 1.53. The van der Waals surface area contributed by atoms with Gasteiger partial charge in [0.1, 0.15) is 12.0 Å². The molecular weight excluding hydrogens is 322 g/mol. The molecule has 0 saturated carbocycles. The molecule has 0 fully saturated rings. The van der Waals surface area contributed by atoms with Gasteiger partial charge < -0.3 is 4.84 Å². The third kappa shape index (κ3) is 2.80. The van der Waals surface area contributed by atoms with E-state index in [1.54, 1.807) is 35.6 Å². The van der Waals surface area contributed by atoms with E-state index in [0.717, 1.165) is 16.1 Å². The van der Waals surface area contributed by atoms with Gasteiger partial charge in [-0.3, -0.25) is 9.73 Å². The molecule has 0 radical (unpaired) electrons. The number of anilines is 1. The molecule has 3 rings (SSSR count). The molecule has 1 aliphatic rings. The van der Waals surface area contributed by atoms with E-state index in [2.05, 4.69) is 10.3 Å². The first kappa shape index (κ1) is 14.9. The van der Waals surface area contributed by atoms with Crippen molar-refractivity contribution in [2.75, 3.05) is 11.8 Å². The standard InChI is InChI=1S/C14H15N3O3S2/c1-10-7-11(9-21-10)22(18,19)15-13-6-4-3-5-12(13)14-8-20-16-17(14)2/h3-9,15-16H,1-2H3. The van der Waals surface area contributed by atoms with E-state index in [0.29, 0.717) is 5.69 Å². The lowest BCUT2D eigenvalue weighted by Gasteiger charge is -2.17. The summed E-state index contributed by atoms with van der Waals surface area (Å²) in [7, 11) is -1.82. The van der Waals surface area contributed by atoms with Crippen LogP contribution in [0.15, 0.2) is 46.9 Å². The summed E-state index contributed by atoms with van der Waals surface area (Å²) in [6, 6.07) is 8.83. The number of nitrogens with one attached hydrogen (secondary N) is 2. The summed E-state index contributed by atoms with van der Waals surface area (Å²) in [5.41, 5.74) is 4.62. The highest BCUT2D eigenvalue weighted by Gasteiger charge is 2.21. The van der Waals surface area contributed by atoms with E-state index in [4.69, 9.17) is 4.84 Å². The molecule has 0 bridgehead atoms. The first-order chi connectivity index (χ1) is 10.5. The highest BCUT2D eigenvalue weighted by Crippen LogP contribution is 2.29. The third-order valence-electron chi connectivity index (χ3n) is 3.19. The molecule has 0 amide bonds. The monoisotopic (exact) mass is 337 g/mol. The summed E-state index contributed by atoms with van der Waals surface area (Å²) >= 11 is 1.40. The van der Waals surface area contributed by atoms with Crippen molar-refractivity contribution >= 4 is 32.7 Å². The maximum absolute atomic E-state index is 12.5. The highest BCUT2D eigenvalue weighted by atomic mass is 32.2. The van der Waals surface area contributed by atoms with Crippen molar-refractivity contribution in [2.24, 2.45) is 0 Å². The summed E-state index contributed by atoms with van der Waals surface area (Å²) in [5.74, 6) is 0. The number of thiophene rings is 1. The Morgan fingerprint density at radius 1 is 1.32 bits per heavy atom. The number of para-hydroxylation sites is 1. The first-order valence-corrected chi connectivity index (χ1v) is 8.86. The molecule has 0 aliphatic carbocycles. The smallest absolute Gasteiger partial charge is 0.262 e. The lowest BCUT2D eigenvalue weighted by atomic mass is 10.1. The van der Waals surface area contributed by atoms with Gasteiger partial charge in [-0.15, -0.1) is 11.3 Å². The Labute approximate surface area is 133 Å². The van der Waals surface area contributed by atoms with Gasteiger partial charge in [0.15, 0.2) is 0 Å². The van der Waals surface area contributed by atoms with Gasteiger partial charge in [0.25, 0.3) is 10.0 Å². The first-order valence-electron chi connectivity index (χ1n) is 6.50. The molecule has 1 aromatic carbocycles. The van der Waals surface area contributed by atoms with E-state index in [1.165, 1.54) is 17.6 Å². The van der Waals surface area contributed by atoms with Gasteiger partial charge in [0.2, 0.25) is 0 Å². The molecule has 1 aromatic heterocycles. The van der Waals surface area contributed by atoms with Crippen LogP contribution in [-0.2, 0) is 14.9 Å². The van der Waals surface area contributed by atoms with Gasteiger partial charge in [0.05, 0.1) is 10.6 Å². The molecule has 2 aromatic rings. The van der Waals surface area contributed by atoms with Crippen molar-refractivity contribution < 1.29 is 13.3 Å². The lowest BCUT2D eigenvalue weighted by molar-refractivity contribution is 0.0553. The van der Waals surface area contributed by atoms with Gasteiger partial charge in [-0.05, 0) is 19.1 Å². The quantitative estimate of drug-likeness (QED) is 0.897. The number of hydrazine groups is 1. The topological polar surface area (TPSA) is 70.7 Å². The molecule has 0 saturated heterocycles. The number of hydrogen-bond acceptors (Lipinski definition) is 6. The molecule has 116 valence electrons. The molecule has 2 heterocycles. The average molecular weight is 337 g/mol. The van der Waals surface area contributed by atoms with Crippen LogP contribution >= 0.6 is 11.3 Å².